The second kappa shape index (κ2) is 10.6. The highest BCUT2D eigenvalue weighted by Crippen LogP contribution is 2.30. The van der Waals surface area contributed by atoms with Crippen LogP contribution in [0.2, 0.25) is 0 Å². The number of amides is 1. The van der Waals surface area contributed by atoms with Gasteiger partial charge in [-0.1, -0.05) is 30.0 Å². The third-order valence-corrected chi connectivity index (χ3v) is 6.88. The van der Waals surface area contributed by atoms with Crippen LogP contribution in [0, 0.1) is 13.8 Å². The summed E-state index contributed by atoms with van der Waals surface area (Å²) in [6, 6.07) is 21.5. The number of carbonyl (C=O) groups is 1. The van der Waals surface area contributed by atoms with Crippen molar-refractivity contribution >= 4 is 17.7 Å². The molecule has 180 valence electrons. The molecular weight excluding hydrogens is 470 g/mol. The number of hydrogen-bond acceptors (Lipinski definition) is 6. The molecule has 5 rings (SSSR count). The maximum Gasteiger partial charge on any atom is 0.251 e. The molecule has 1 amide bonds. The lowest BCUT2D eigenvalue weighted by atomic mass is 10.1. The minimum Gasteiger partial charge on any atom is -0.467 e. The SMILES string of the molecule is Cc1ccc(-n2c(SCc3cccc(C(=O)NCc4ccco4)c3)nnc2-c2ccncc2)cc1C. The molecule has 0 unspecified atom stereocenters. The van der Waals surface area contributed by atoms with E-state index in [-0.39, 0.29) is 5.91 Å². The molecule has 3 aromatic heterocycles. The number of benzene rings is 2. The van der Waals surface area contributed by atoms with Crippen LogP contribution in [-0.2, 0) is 12.3 Å². The second-order valence-corrected chi connectivity index (χ2v) is 9.34. The van der Waals surface area contributed by atoms with Crippen molar-refractivity contribution in [2.75, 3.05) is 0 Å². The number of thioether (sulfide) groups is 1. The van der Waals surface area contributed by atoms with Gasteiger partial charge >= 0.3 is 0 Å². The summed E-state index contributed by atoms with van der Waals surface area (Å²) in [4.78, 5) is 16.8. The third-order valence-electron chi connectivity index (χ3n) is 5.88. The van der Waals surface area contributed by atoms with Gasteiger partial charge in [0, 0.05) is 29.3 Å². The lowest BCUT2D eigenvalue weighted by Gasteiger charge is -2.12. The zero-order valence-electron chi connectivity index (χ0n) is 20.0. The first-order valence-corrected chi connectivity index (χ1v) is 12.5. The average Bonchev–Trinajstić information content (AvgIpc) is 3.58. The fraction of sp³-hybridized carbons (Fsp3) is 0.143. The normalized spacial score (nSPS) is 10.9. The molecule has 0 bridgehead atoms. The van der Waals surface area contributed by atoms with E-state index in [9.17, 15) is 4.79 Å². The zero-order chi connectivity index (χ0) is 24.9. The summed E-state index contributed by atoms with van der Waals surface area (Å²) in [5.41, 5.74) is 6.00. The highest BCUT2D eigenvalue weighted by Gasteiger charge is 2.17. The van der Waals surface area contributed by atoms with Crippen molar-refractivity contribution in [3.05, 3.63) is 113 Å². The summed E-state index contributed by atoms with van der Waals surface area (Å²) in [6.07, 6.45) is 5.10. The van der Waals surface area contributed by atoms with Crippen molar-refractivity contribution in [2.45, 2.75) is 31.3 Å². The number of nitrogens with one attached hydrogen (secondary N) is 1. The highest BCUT2D eigenvalue weighted by molar-refractivity contribution is 7.98. The Hall–Kier alpha value is -4.17. The van der Waals surface area contributed by atoms with Crippen molar-refractivity contribution in [1.82, 2.24) is 25.1 Å². The number of hydrogen-bond donors (Lipinski definition) is 1. The first-order chi connectivity index (χ1) is 17.6. The molecule has 0 atom stereocenters. The maximum absolute atomic E-state index is 12.6. The molecule has 2 aromatic carbocycles. The van der Waals surface area contributed by atoms with E-state index in [2.05, 4.69) is 57.1 Å². The van der Waals surface area contributed by atoms with Crippen LogP contribution >= 0.6 is 11.8 Å². The van der Waals surface area contributed by atoms with E-state index in [1.54, 1.807) is 36.5 Å². The molecule has 1 N–H and O–H groups in total. The number of furan rings is 1. The van der Waals surface area contributed by atoms with E-state index in [0.29, 0.717) is 23.6 Å². The molecular formula is C28H25N5O2S. The van der Waals surface area contributed by atoms with Crippen LogP contribution in [0.25, 0.3) is 17.1 Å². The minimum atomic E-state index is -0.142. The number of nitrogens with zero attached hydrogens (tertiary/aromatic N) is 4. The van der Waals surface area contributed by atoms with Gasteiger partial charge in [-0.25, -0.2) is 0 Å². The Balaban J connectivity index is 1.38. The summed E-state index contributed by atoms with van der Waals surface area (Å²) in [7, 11) is 0. The molecule has 0 saturated carbocycles. The van der Waals surface area contributed by atoms with Gasteiger partial charge in [-0.2, -0.15) is 0 Å². The van der Waals surface area contributed by atoms with Crippen molar-refractivity contribution < 1.29 is 9.21 Å². The molecule has 0 spiro atoms. The van der Waals surface area contributed by atoms with Crippen molar-refractivity contribution in [2.24, 2.45) is 0 Å². The Labute approximate surface area is 213 Å². The predicted molar refractivity (Wildman–Crippen MR) is 140 cm³/mol. The van der Waals surface area contributed by atoms with Gasteiger partial charge in [0.25, 0.3) is 5.91 Å². The van der Waals surface area contributed by atoms with Gasteiger partial charge in [0.2, 0.25) is 0 Å². The minimum absolute atomic E-state index is 0.142. The number of aryl methyl sites for hydroxylation is 2. The van der Waals surface area contributed by atoms with Crippen molar-refractivity contribution in [3.63, 3.8) is 0 Å². The standard InChI is InChI=1S/C28H25N5O2S/c1-19-8-9-24(15-20(19)2)33-26(22-10-12-29-13-11-22)31-32-28(33)36-18-21-5-3-6-23(16-21)27(34)30-17-25-7-4-14-35-25/h3-16H,17-18H2,1-2H3,(H,30,34). The third kappa shape index (κ3) is 5.23. The fourth-order valence-electron chi connectivity index (χ4n) is 3.78. The summed E-state index contributed by atoms with van der Waals surface area (Å²) in [5.74, 6) is 1.97. The number of aromatic nitrogens is 4. The van der Waals surface area contributed by atoms with Crippen LogP contribution in [0.3, 0.4) is 0 Å². The molecule has 5 aromatic rings. The van der Waals surface area contributed by atoms with Crippen LogP contribution in [0.5, 0.6) is 0 Å². The molecule has 0 aliphatic rings. The monoisotopic (exact) mass is 495 g/mol. The Morgan fingerprint density at radius 3 is 2.61 bits per heavy atom. The van der Waals surface area contributed by atoms with Gasteiger partial charge in [0.05, 0.1) is 18.5 Å². The average molecular weight is 496 g/mol. The lowest BCUT2D eigenvalue weighted by molar-refractivity contribution is 0.0948. The summed E-state index contributed by atoms with van der Waals surface area (Å²) in [5, 5.41) is 12.7. The molecule has 36 heavy (non-hydrogen) atoms. The molecule has 8 heteroatoms. The van der Waals surface area contributed by atoms with E-state index in [0.717, 1.165) is 27.8 Å². The van der Waals surface area contributed by atoms with Crippen LogP contribution in [0.15, 0.2) is 95.0 Å². The lowest BCUT2D eigenvalue weighted by Crippen LogP contribution is -2.22. The first kappa shape index (κ1) is 23.6. The largest absolute Gasteiger partial charge is 0.467 e. The van der Waals surface area contributed by atoms with Gasteiger partial charge < -0.3 is 9.73 Å². The number of carbonyl (C=O) groups excluding carboxylic acids is 1. The molecule has 3 heterocycles. The molecule has 7 nitrogen and oxygen atoms in total. The topological polar surface area (TPSA) is 85.8 Å². The summed E-state index contributed by atoms with van der Waals surface area (Å²) < 4.78 is 7.37. The van der Waals surface area contributed by atoms with E-state index < -0.39 is 0 Å². The van der Waals surface area contributed by atoms with E-state index in [4.69, 9.17) is 4.42 Å². The quantitative estimate of drug-likeness (QED) is 0.275. The van der Waals surface area contributed by atoms with Crippen LogP contribution in [-0.4, -0.2) is 25.7 Å². The van der Waals surface area contributed by atoms with Gasteiger partial charge in [-0.15, -0.1) is 10.2 Å². The van der Waals surface area contributed by atoms with Crippen LogP contribution < -0.4 is 5.32 Å². The van der Waals surface area contributed by atoms with Crippen molar-refractivity contribution in [3.8, 4) is 17.1 Å². The maximum atomic E-state index is 12.6. The van der Waals surface area contributed by atoms with Crippen molar-refractivity contribution in [1.29, 1.82) is 0 Å². The predicted octanol–water partition coefficient (Wildman–Crippen LogP) is 5.76. The van der Waals surface area contributed by atoms with E-state index >= 15 is 0 Å². The summed E-state index contributed by atoms with van der Waals surface area (Å²) >= 11 is 1.58. The Kier molecular flexibility index (Phi) is 6.95. The molecule has 0 saturated heterocycles. The molecule has 0 aliphatic carbocycles. The van der Waals surface area contributed by atoms with Gasteiger partial charge in [0.15, 0.2) is 11.0 Å². The van der Waals surface area contributed by atoms with E-state index in [1.165, 1.54) is 11.1 Å². The molecule has 0 fully saturated rings. The van der Waals surface area contributed by atoms with Gasteiger partial charge in [-0.05, 0) is 79.1 Å². The Bertz CT molecular complexity index is 1480. The van der Waals surface area contributed by atoms with Gasteiger partial charge in [-0.3, -0.25) is 14.3 Å². The van der Waals surface area contributed by atoms with E-state index in [1.807, 2.05) is 42.5 Å². The fourth-order valence-corrected chi connectivity index (χ4v) is 4.68. The second-order valence-electron chi connectivity index (χ2n) is 8.40. The smallest absolute Gasteiger partial charge is 0.251 e. The number of rotatable bonds is 8. The molecule has 0 radical (unpaired) electrons. The van der Waals surface area contributed by atoms with Crippen LogP contribution in [0.4, 0.5) is 0 Å². The zero-order valence-corrected chi connectivity index (χ0v) is 20.8. The highest BCUT2D eigenvalue weighted by atomic mass is 32.2. The van der Waals surface area contributed by atoms with Crippen LogP contribution in [0.1, 0.15) is 32.8 Å². The Morgan fingerprint density at radius 2 is 1.83 bits per heavy atom. The first-order valence-electron chi connectivity index (χ1n) is 11.5. The Morgan fingerprint density at radius 1 is 0.972 bits per heavy atom. The van der Waals surface area contributed by atoms with Gasteiger partial charge in [0.1, 0.15) is 5.76 Å². The summed E-state index contributed by atoms with van der Waals surface area (Å²) in [6.45, 7) is 4.55. The molecule has 0 aliphatic heterocycles. The number of pyridine rings is 1.